The van der Waals surface area contributed by atoms with Crippen LogP contribution in [0, 0.1) is 0 Å². The van der Waals surface area contributed by atoms with Crippen LogP contribution in [0.2, 0.25) is 0 Å². The Hall–Kier alpha value is -1.38. The first-order valence-electron chi connectivity index (χ1n) is 6.68. The van der Waals surface area contributed by atoms with E-state index < -0.39 is 8.96 Å². The summed E-state index contributed by atoms with van der Waals surface area (Å²) < 4.78 is 2.70. The molecule has 1 nitrogen and oxygen atoms in total. The molecule has 0 saturated carbocycles. The molecule has 0 atom stereocenters. The average Bonchev–Trinajstić information content (AvgIpc) is 2.95. The first-order chi connectivity index (χ1) is 8.95. The Labute approximate surface area is 111 Å². The Morgan fingerprint density at radius 3 is 1.56 bits per heavy atom. The number of hydrogen-bond donors (Lipinski definition) is 0. The van der Waals surface area contributed by atoms with Crippen molar-refractivity contribution in [2.75, 3.05) is 13.1 Å². The molecule has 18 heavy (non-hydrogen) atoms. The second kappa shape index (κ2) is 5.51. The highest BCUT2D eigenvalue weighted by Gasteiger charge is 2.27. The highest BCUT2D eigenvalue weighted by molar-refractivity contribution is 6.82. The van der Waals surface area contributed by atoms with Crippen molar-refractivity contribution >= 4 is 19.3 Å². The molecular weight excluding hydrogens is 234 g/mol. The van der Waals surface area contributed by atoms with Crippen LogP contribution in [0.4, 0.5) is 0 Å². The highest BCUT2D eigenvalue weighted by atomic mass is 28.3. The lowest BCUT2D eigenvalue weighted by atomic mass is 10.4. The van der Waals surface area contributed by atoms with Gasteiger partial charge in [0, 0.05) is 0 Å². The summed E-state index contributed by atoms with van der Waals surface area (Å²) in [5.41, 5.74) is 0. The lowest BCUT2D eigenvalue weighted by Crippen LogP contribution is -2.55. The Kier molecular flexibility index (Phi) is 3.58. The Morgan fingerprint density at radius 2 is 1.11 bits per heavy atom. The SMILES string of the molecule is c1ccc([Si](c2ccccc2)N2CCCC2)cc1. The van der Waals surface area contributed by atoms with Gasteiger partial charge < -0.3 is 4.57 Å². The monoisotopic (exact) mass is 252 g/mol. The Bertz CT molecular complexity index is 437. The molecule has 1 saturated heterocycles. The third kappa shape index (κ3) is 2.40. The van der Waals surface area contributed by atoms with Gasteiger partial charge in [0.25, 0.3) is 0 Å². The van der Waals surface area contributed by atoms with Gasteiger partial charge in [-0.05, 0) is 36.3 Å². The fraction of sp³-hybridized carbons (Fsp3) is 0.250. The van der Waals surface area contributed by atoms with Crippen molar-refractivity contribution in [1.29, 1.82) is 0 Å². The van der Waals surface area contributed by atoms with Gasteiger partial charge in [0.05, 0.1) is 0 Å². The minimum absolute atomic E-state index is 0.744. The van der Waals surface area contributed by atoms with Crippen LogP contribution in [0.1, 0.15) is 12.8 Å². The second-order valence-corrected chi connectivity index (χ2v) is 7.26. The first kappa shape index (κ1) is 11.7. The van der Waals surface area contributed by atoms with Gasteiger partial charge in [-0.2, -0.15) is 0 Å². The molecule has 2 aromatic carbocycles. The van der Waals surface area contributed by atoms with Gasteiger partial charge in [-0.1, -0.05) is 60.7 Å². The van der Waals surface area contributed by atoms with Crippen LogP contribution in [-0.4, -0.2) is 26.6 Å². The molecule has 3 rings (SSSR count). The fourth-order valence-corrected chi connectivity index (χ4v) is 5.51. The summed E-state index contributed by atoms with van der Waals surface area (Å²) in [5, 5.41) is 3.02. The summed E-state index contributed by atoms with van der Waals surface area (Å²) in [5.74, 6) is 0. The molecule has 0 bridgehead atoms. The molecule has 0 aliphatic carbocycles. The van der Waals surface area contributed by atoms with E-state index in [2.05, 4.69) is 65.2 Å². The van der Waals surface area contributed by atoms with Crippen molar-refractivity contribution in [3.8, 4) is 0 Å². The van der Waals surface area contributed by atoms with Crippen LogP contribution in [-0.2, 0) is 0 Å². The van der Waals surface area contributed by atoms with Crippen molar-refractivity contribution in [2.45, 2.75) is 12.8 Å². The largest absolute Gasteiger partial charge is 0.317 e. The minimum atomic E-state index is -0.744. The van der Waals surface area contributed by atoms with E-state index in [0.717, 1.165) is 0 Å². The van der Waals surface area contributed by atoms with E-state index in [1.165, 1.54) is 36.3 Å². The fourth-order valence-electron chi connectivity index (χ4n) is 2.66. The number of nitrogens with zero attached hydrogens (tertiary/aromatic N) is 1. The first-order valence-corrected chi connectivity index (χ1v) is 8.12. The van der Waals surface area contributed by atoms with Crippen molar-refractivity contribution < 1.29 is 0 Å². The zero-order valence-electron chi connectivity index (χ0n) is 10.5. The summed E-state index contributed by atoms with van der Waals surface area (Å²) in [6, 6.07) is 22.0. The smallest absolute Gasteiger partial charge is 0.209 e. The molecule has 1 aliphatic rings. The average molecular weight is 252 g/mol. The molecule has 1 fully saturated rings. The molecule has 0 unspecified atom stereocenters. The molecule has 2 aromatic rings. The zero-order chi connectivity index (χ0) is 12.2. The number of rotatable bonds is 3. The lowest BCUT2D eigenvalue weighted by molar-refractivity contribution is 0.548. The van der Waals surface area contributed by atoms with Crippen LogP contribution in [0.3, 0.4) is 0 Å². The van der Waals surface area contributed by atoms with Gasteiger partial charge in [-0.15, -0.1) is 0 Å². The van der Waals surface area contributed by atoms with Gasteiger partial charge in [0.15, 0.2) is 0 Å². The molecule has 0 aromatic heterocycles. The molecule has 0 amide bonds. The summed E-state index contributed by atoms with van der Waals surface area (Å²) >= 11 is 0. The second-order valence-electron chi connectivity index (χ2n) is 4.77. The van der Waals surface area contributed by atoms with Crippen molar-refractivity contribution in [3.05, 3.63) is 60.7 Å². The predicted octanol–water partition coefficient (Wildman–Crippen LogP) is 1.89. The van der Waals surface area contributed by atoms with E-state index in [-0.39, 0.29) is 0 Å². The van der Waals surface area contributed by atoms with Crippen LogP contribution in [0.15, 0.2) is 60.7 Å². The lowest BCUT2D eigenvalue weighted by Gasteiger charge is -2.26. The molecular formula is C16H18NSi. The van der Waals surface area contributed by atoms with Crippen molar-refractivity contribution in [1.82, 2.24) is 4.57 Å². The molecule has 1 aliphatic heterocycles. The zero-order valence-corrected chi connectivity index (χ0v) is 11.5. The summed E-state index contributed by atoms with van der Waals surface area (Å²) in [6.07, 6.45) is 2.71. The van der Waals surface area contributed by atoms with E-state index in [1.54, 1.807) is 0 Å². The third-order valence-corrected chi connectivity index (χ3v) is 6.36. The molecule has 1 heterocycles. The maximum Gasteiger partial charge on any atom is 0.209 e. The van der Waals surface area contributed by atoms with Crippen LogP contribution >= 0.6 is 0 Å². The van der Waals surface area contributed by atoms with E-state index in [0.29, 0.717) is 0 Å². The van der Waals surface area contributed by atoms with E-state index in [1.807, 2.05) is 0 Å². The van der Waals surface area contributed by atoms with Gasteiger partial charge >= 0.3 is 0 Å². The standard InChI is InChI=1S/C16H18NSi/c1-3-9-15(10-4-1)18(17-13-7-8-14-17)16-11-5-2-6-12-16/h1-6,9-12H,7-8,13-14H2. The summed E-state index contributed by atoms with van der Waals surface area (Å²) in [7, 11) is -0.744. The third-order valence-electron chi connectivity index (χ3n) is 3.52. The molecule has 1 radical (unpaired) electrons. The maximum atomic E-state index is 2.70. The predicted molar refractivity (Wildman–Crippen MR) is 78.7 cm³/mol. The van der Waals surface area contributed by atoms with E-state index >= 15 is 0 Å². The topological polar surface area (TPSA) is 3.24 Å². The quantitative estimate of drug-likeness (QED) is 0.754. The Morgan fingerprint density at radius 1 is 0.667 bits per heavy atom. The molecule has 91 valence electrons. The highest BCUT2D eigenvalue weighted by Crippen LogP contribution is 2.10. The van der Waals surface area contributed by atoms with Gasteiger partial charge in [-0.25, -0.2) is 0 Å². The summed E-state index contributed by atoms with van der Waals surface area (Å²) in [6.45, 7) is 2.52. The van der Waals surface area contributed by atoms with Crippen molar-refractivity contribution in [3.63, 3.8) is 0 Å². The van der Waals surface area contributed by atoms with Crippen LogP contribution in [0.5, 0.6) is 0 Å². The molecule has 2 heteroatoms. The number of hydrogen-bond acceptors (Lipinski definition) is 1. The van der Waals surface area contributed by atoms with E-state index in [9.17, 15) is 0 Å². The van der Waals surface area contributed by atoms with Gasteiger partial charge in [-0.3, -0.25) is 0 Å². The molecule has 0 N–H and O–H groups in total. The maximum absolute atomic E-state index is 2.70. The van der Waals surface area contributed by atoms with Crippen molar-refractivity contribution in [2.24, 2.45) is 0 Å². The minimum Gasteiger partial charge on any atom is -0.317 e. The number of benzene rings is 2. The van der Waals surface area contributed by atoms with Crippen LogP contribution in [0.25, 0.3) is 0 Å². The normalized spacial score (nSPS) is 16.3. The molecule has 0 spiro atoms. The summed E-state index contributed by atoms with van der Waals surface area (Å²) in [4.78, 5) is 0. The van der Waals surface area contributed by atoms with E-state index in [4.69, 9.17) is 0 Å². The van der Waals surface area contributed by atoms with Gasteiger partial charge in [0.2, 0.25) is 8.96 Å². The Balaban J connectivity index is 1.98. The van der Waals surface area contributed by atoms with Crippen LogP contribution < -0.4 is 10.4 Å². The van der Waals surface area contributed by atoms with Gasteiger partial charge in [0.1, 0.15) is 0 Å².